The summed E-state index contributed by atoms with van der Waals surface area (Å²) in [5.41, 5.74) is 1.35. The third-order valence-electron chi connectivity index (χ3n) is 3.54. The number of piperazine rings is 1. The van der Waals surface area contributed by atoms with Crippen LogP contribution in [0.4, 0.5) is 0 Å². The SMILES string of the molecule is COc1ccc(CN2C(C)CNCC2C)cc1. The van der Waals surface area contributed by atoms with E-state index in [0.29, 0.717) is 12.1 Å². The lowest BCUT2D eigenvalue weighted by atomic mass is 10.1. The Labute approximate surface area is 104 Å². The first kappa shape index (κ1) is 12.4. The Kier molecular flexibility index (Phi) is 4.02. The van der Waals surface area contributed by atoms with E-state index in [1.807, 2.05) is 12.1 Å². The molecule has 17 heavy (non-hydrogen) atoms. The van der Waals surface area contributed by atoms with Gasteiger partial charge in [-0.25, -0.2) is 0 Å². The summed E-state index contributed by atoms with van der Waals surface area (Å²) in [6, 6.07) is 9.57. The van der Waals surface area contributed by atoms with Gasteiger partial charge in [0.05, 0.1) is 7.11 Å². The van der Waals surface area contributed by atoms with E-state index in [1.165, 1.54) is 5.56 Å². The molecule has 3 nitrogen and oxygen atoms in total. The minimum absolute atomic E-state index is 0.598. The fourth-order valence-corrected chi connectivity index (χ4v) is 2.42. The van der Waals surface area contributed by atoms with E-state index in [1.54, 1.807) is 7.11 Å². The zero-order valence-electron chi connectivity index (χ0n) is 10.9. The Morgan fingerprint density at radius 3 is 2.29 bits per heavy atom. The lowest BCUT2D eigenvalue weighted by molar-refractivity contribution is 0.109. The van der Waals surface area contributed by atoms with Crippen LogP contribution in [0.1, 0.15) is 19.4 Å². The van der Waals surface area contributed by atoms with Gasteiger partial charge in [-0.05, 0) is 31.5 Å². The Bertz CT molecular complexity index is 340. The van der Waals surface area contributed by atoms with E-state index in [4.69, 9.17) is 4.74 Å². The van der Waals surface area contributed by atoms with Crippen LogP contribution in [0.2, 0.25) is 0 Å². The summed E-state index contributed by atoms with van der Waals surface area (Å²) in [5.74, 6) is 0.926. The van der Waals surface area contributed by atoms with Crippen molar-refractivity contribution in [3.8, 4) is 5.75 Å². The van der Waals surface area contributed by atoms with E-state index in [0.717, 1.165) is 25.4 Å². The van der Waals surface area contributed by atoms with Gasteiger partial charge in [0.2, 0.25) is 0 Å². The second kappa shape index (κ2) is 5.52. The van der Waals surface area contributed by atoms with E-state index in [-0.39, 0.29) is 0 Å². The Balaban J connectivity index is 2.03. The maximum absolute atomic E-state index is 5.18. The first-order valence-electron chi connectivity index (χ1n) is 6.30. The summed E-state index contributed by atoms with van der Waals surface area (Å²) >= 11 is 0. The van der Waals surface area contributed by atoms with E-state index < -0.39 is 0 Å². The van der Waals surface area contributed by atoms with Crippen molar-refractivity contribution in [2.75, 3.05) is 20.2 Å². The van der Waals surface area contributed by atoms with Crippen molar-refractivity contribution in [1.29, 1.82) is 0 Å². The van der Waals surface area contributed by atoms with Crippen LogP contribution in [0.3, 0.4) is 0 Å². The number of nitrogens with one attached hydrogen (secondary N) is 1. The van der Waals surface area contributed by atoms with Crippen molar-refractivity contribution in [3.63, 3.8) is 0 Å². The fourth-order valence-electron chi connectivity index (χ4n) is 2.42. The van der Waals surface area contributed by atoms with Crippen LogP contribution in [-0.4, -0.2) is 37.2 Å². The number of methoxy groups -OCH3 is 1. The van der Waals surface area contributed by atoms with Crippen LogP contribution >= 0.6 is 0 Å². The molecule has 1 aliphatic rings. The predicted molar refractivity (Wildman–Crippen MR) is 70.3 cm³/mol. The number of ether oxygens (including phenoxy) is 1. The van der Waals surface area contributed by atoms with Crippen LogP contribution < -0.4 is 10.1 Å². The summed E-state index contributed by atoms with van der Waals surface area (Å²) in [5, 5.41) is 3.46. The van der Waals surface area contributed by atoms with Gasteiger partial charge < -0.3 is 10.1 Å². The first-order chi connectivity index (χ1) is 8.20. The average Bonchev–Trinajstić information content (AvgIpc) is 2.35. The third-order valence-corrected chi connectivity index (χ3v) is 3.54. The molecule has 0 saturated carbocycles. The normalized spacial score (nSPS) is 25.8. The van der Waals surface area contributed by atoms with Crippen LogP contribution in [0.15, 0.2) is 24.3 Å². The maximum Gasteiger partial charge on any atom is 0.118 e. The molecule has 0 bridgehead atoms. The van der Waals surface area contributed by atoms with E-state index in [2.05, 4.69) is 36.2 Å². The van der Waals surface area contributed by atoms with Crippen molar-refractivity contribution in [1.82, 2.24) is 10.2 Å². The molecule has 94 valence electrons. The molecule has 1 N–H and O–H groups in total. The van der Waals surface area contributed by atoms with Gasteiger partial charge >= 0.3 is 0 Å². The van der Waals surface area contributed by atoms with Crippen molar-refractivity contribution in [3.05, 3.63) is 29.8 Å². The molecule has 2 rings (SSSR count). The number of hydrogen-bond acceptors (Lipinski definition) is 3. The average molecular weight is 234 g/mol. The molecule has 1 fully saturated rings. The molecule has 0 aromatic heterocycles. The van der Waals surface area contributed by atoms with Gasteiger partial charge in [0.25, 0.3) is 0 Å². The van der Waals surface area contributed by atoms with E-state index in [9.17, 15) is 0 Å². The molecule has 0 radical (unpaired) electrons. The highest BCUT2D eigenvalue weighted by molar-refractivity contribution is 5.27. The highest BCUT2D eigenvalue weighted by Crippen LogP contribution is 2.17. The Morgan fingerprint density at radius 2 is 1.76 bits per heavy atom. The fraction of sp³-hybridized carbons (Fsp3) is 0.571. The largest absolute Gasteiger partial charge is 0.497 e. The summed E-state index contributed by atoms with van der Waals surface area (Å²) in [6.07, 6.45) is 0. The molecule has 0 aliphatic carbocycles. The maximum atomic E-state index is 5.18. The van der Waals surface area contributed by atoms with Gasteiger partial charge in [0.1, 0.15) is 5.75 Å². The smallest absolute Gasteiger partial charge is 0.118 e. The molecule has 1 heterocycles. The predicted octanol–water partition coefficient (Wildman–Crippen LogP) is 1.88. The first-order valence-corrected chi connectivity index (χ1v) is 6.30. The molecule has 1 aromatic carbocycles. The molecule has 0 spiro atoms. The minimum atomic E-state index is 0.598. The molecule has 2 atom stereocenters. The van der Waals surface area contributed by atoms with Crippen LogP contribution in [0, 0.1) is 0 Å². The second-order valence-electron chi connectivity index (χ2n) is 4.88. The lowest BCUT2D eigenvalue weighted by Crippen LogP contribution is -2.54. The van der Waals surface area contributed by atoms with Gasteiger partial charge in [-0.2, -0.15) is 0 Å². The van der Waals surface area contributed by atoms with Gasteiger partial charge in [0.15, 0.2) is 0 Å². The second-order valence-corrected chi connectivity index (χ2v) is 4.88. The zero-order chi connectivity index (χ0) is 12.3. The van der Waals surface area contributed by atoms with Gasteiger partial charge in [0, 0.05) is 31.7 Å². The summed E-state index contributed by atoms with van der Waals surface area (Å²) in [4.78, 5) is 2.55. The summed E-state index contributed by atoms with van der Waals surface area (Å²) < 4.78 is 5.18. The van der Waals surface area contributed by atoms with Crippen LogP contribution in [-0.2, 0) is 6.54 Å². The number of benzene rings is 1. The molecule has 1 saturated heterocycles. The number of hydrogen-bond donors (Lipinski definition) is 1. The van der Waals surface area contributed by atoms with Gasteiger partial charge in [-0.15, -0.1) is 0 Å². The quantitative estimate of drug-likeness (QED) is 0.864. The topological polar surface area (TPSA) is 24.5 Å². The van der Waals surface area contributed by atoms with Crippen molar-refractivity contribution < 1.29 is 4.74 Å². The third kappa shape index (κ3) is 2.99. The Hall–Kier alpha value is -1.06. The highest BCUT2D eigenvalue weighted by Gasteiger charge is 2.23. The zero-order valence-corrected chi connectivity index (χ0v) is 10.9. The lowest BCUT2D eigenvalue weighted by Gasteiger charge is -2.39. The Morgan fingerprint density at radius 1 is 1.18 bits per heavy atom. The highest BCUT2D eigenvalue weighted by atomic mass is 16.5. The molecule has 1 aliphatic heterocycles. The monoisotopic (exact) mass is 234 g/mol. The van der Waals surface area contributed by atoms with Gasteiger partial charge in [-0.1, -0.05) is 12.1 Å². The summed E-state index contributed by atoms with van der Waals surface area (Å²) in [7, 11) is 1.70. The van der Waals surface area contributed by atoms with Crippen molar-refractivity contribution in [2.45, 2.75) is 32.5 Å². The van der Waals surface area contributed by atoms with E-state index >= 15 is 0 Å². The molecule has 3 heteroatoms. The standard InChI is InChI=1S/C14H22N2O/c1-11-8-15-9-12(2)16(11)10-13-4-6-14(17-3)7-5-13/h4-7,11-12,15H,8-10H2,1-3H3. The van der Waals surface area contributed by atoms with Crippen molar-refractivity contribution in [2.24, 2.45) is 0 Å². The molecule has 1 aromatic rings. The van der Waals surface area contributed by atoms with Gasteiger partial charge in [-0.3, -0.25) is 4.90 Å². The van der Waals surface area contributed by atoms with Crippen LogP contribution in [0.25, 0.3) is 0 Å². The molecule has 2 unspecified atom stereocenters. The molecule has 0 amide bonds. The molecular formula is C14H22N2O. The van der Waals surface area contributed by atoms with Crippen LogP contribution in [0.5, 0.6) is 5.75 Å². The molecular weight excluding hydrogens is 212 g/mol. The number of nitrogens with zero attached hydrogens (tertiary/aromatic N) is 1. The number of rotatable bonds is 3. The summed E-state index contributed by atoms with van der Waals surface area (Å²) in [6.45, 7) is 7.76. The van der Waals surface area contributed by atoms with Crippen molar-refractivity contribution >= 4 is 0 Å². The minimum Gasteiger partial charge on any atom is -0.497 e.